The standard InChI is InChI=1S/C15H32N2O2/c1-5-13(2)15-11-16-14(3)12-17(15)7-10-19-9-6-8-18-4/h13-16H,5-12H2,1-4H3. The molecule has 0 aromatic carbocycles. The summed E-state index contributed by atoms with van der Waals surface area (Å²) in [4.78, 5) is 2.60. The molecule has 1 aliphatic rings. The van der Waals surface area contributed by atoms with Crippen LogP contribution < -0.4 is 5.32 Å². The van der Waals surface area contributed by atoms with E-state index in [-0.39, 0.29) is 0 Å². The topological polar surface area (TPSA) is 33.7 Å². The van der Waals surface area contributed by atoms with E-state index in [4.69, 9.17) is 9.47 Å². The highest BCUT2D eigenvalue weighted by Crippen LogP contribution is 2.17. The molecule has 0 amide bonds. The van der Waals surface area contributed by atoms with E-state index < -0.39 is 0 Å². The number of piperazine rings is 1. The minimum atomic E-state index is 0.591. The van der Waals surface area contributed by atoms with Gasteiger partial charge in [0.05, 0.1) is 6.61 Å². The first kappa shape index (κ1) is 16.9. The van der Waals surface area contributed by atoms with Crippen LogP contribution in [0.15, 0.2) is 0 Å². The number of ether oxygens (including phenoxy) is 2. The third kappa shape index (κ3) is 6.21. The zero-order valence-corrected chi connectivity index (χ0v) is 13.2. The molecule has 0 aliphatic carbocycles. The molecular weight excluding hydrogens is 240 g/mol. The summed E-state index contributed by atoms with van der Waals surface area (Å²) in [5.41, 5.74) is 0. The highest BCUT2D eigenvalue weighted by Gasteiger charge is 2.28. The van der Waals surface area contributed by atoms with Gasteiger partial charge in [-0.2, -0.15) is 0 Å². The van der Waals surface area contributed by atoms with Crippen LogP contribution in [-0.4, -0.2) is 63.5 Å². The van der Waals surface area contributed by atoms with E-state index in [0.29, 0.717) is 12.1 Å². The summed E-state index contributed by atoms with van der Waals surface area (Å²) in [6.45, 7) is 12.6. The molecule has 4 heteroatoms. The molecule has 1 fully saturated rings. The van der Waals surface area contributed by atoms with Gasteiger partial charge in [0.25, 0.3) is 0 Å². The zero-order chi connectivity index (χ0) is 14.1. The molecule has 4 nitrogen and oxygen atoms in total. The summed E-state index contributed by atoms with van der Waals surface area (Å²) in [6, 6.07) is 1.25. The second-order valence-electron chi connectivity index (χ2n) is 5.72. The molecule has 1 saturated heterocycles. The van der Waals surface area contributed by atoms with E-state index in [1.165, 1.54) is 6.42 Å². The van der Waals surface area contributed by atoms with Gasteiger partial charge < -0.3 is 14.8 Å². The number of nitrogens with zero attached hydrogens (tertiary/aromatic N) is 1. The largest absolute Gasteiger partial charge is 0.385 e. The van der Waals surface area contributed by atoms with Crippen molar-refractivity contribution in [2.45, 2.75) is 45.7 Å². The van der Waals surface area contributed by atoms with E-state index in [1.807, 2.05) is 0 Å². The molecule has 0 radical (unpaired) electrons. The van der Waals surface area contributed by atoms with Crippen molar-refractivity contribution in [1.82, 2.24) is 10.2 Å². The molecule has 1 heterocycles. The number of methoxy groups -OCH3 is 1. The number of hydrogen-bond acceptors (Lipinski definition) is 4. The van der Waals surface area contributed by atoms with Crippen LogP contribution in [0.2, 0.25) is 0 Å². The molecule has 0 aromatic heterocycles. The smallest absolute Gasteiger partial charge is 0.0593 e. The highest BCUT2D eigenvalue weighted by molar-refractivity contribution is 4.86. The SMILES string of the molecule is CCC(C)C1CNC(C)CN1CCOCCCOC. The van der Waals surface area contributed by atoms with Gasteiger partial charge in [-0.25, -0.2) is 0 Å². The van der Waals surface area contributed by atoms with Crippen molar-refractivity contribution in [1.29, 1.82) is 0 Å². The van der Waals surface area contributed by atoms with E-state index >= 15 is 0 Å². The Morgan fingerprint density at radius 1 is 1.32 bits per heavy atom. The summed E-state index contributed by atoms with van der Waals surface area (Å²) >= 11 is 0. The lowest BCUT2D eigenvalue weighted by Gasteiger charge is -2.42. The average molecular weight is 272 g/mol. The van der Waals surface area contributed by atoms with Crippen molar-refractivity contribution in [3.05, 3.63) is 0 Å². The first-order chi connectivity index (χ1) is 9.19. The third-order valence-corrected chi connectivity index (χ3v) is 4.11. The van der Waals surface area contributed by atoms with E-state index in [0.717, 1.165) is 51.8 Å². The van der Waals surface area contributed by atoms with Gasteiger partial charge in [0.15, 0.2) is 0 Å². The summed E-state index contributed by atoms with van der Waals surface area (Å²) in [7, 11) is 1.73. The Kier molecular flexibility index (Phi) is 8.62. The molecule has 1 N–H and O–H groups in total. The quantitative estimate of drug-likeness (QED) is 0.648. The predicted molar refractivity (Wildman–Crippen MR) is 79.6 cm³/mol. The Labute approximate surface area is 118 Å². The highest BCUT2D eigenvalue weighted by atomic mass is 16.5. The van der Waals surface area contributed by atoms with Crippen molar-refractivity contribution in [3.8, 4) is 0 Å². The zero-order valence-electron chi connectivity index (χ0n) is 13.2. The van der Waals surface area contributed by atoms with Crippen LogP contribution in [0.3, 0.4) is 0 Å². The van der Waals surface area contributed by atoms with E-state index in [9.17, 15) is 0 Å². The van der Waals surface area contributed by atoms with Gasteiger partial charge >= 0.3 is 0 Å². The Balaban J connectivity index is 2.26. The number of hydrogen-bond donors (Lipinski definition) is 1. The van der Waals surface area contributed by atoms with Crippen molar-refractivity contribution in [3.63, 3.8) is 0 Å². The Hall–Kier alpha value is -0.160. The maximum absolute atomic E-state index is 5.69. The fourth-order valence-electron chi connectivity index (χ4n) is 2.68. The van der Waals surface area contributed by atoms with Crippen molar-refractivity contribution in [2.24, 2.45) is 5.92 Å². The summed E-state index contributed by atoms with van der Waals surface area (Å²) < 4.78 is 10.7. The van der Waals surface area contributed by atoms with Crippen molar-refractivity contribution >= 4 is 0 Å². The summed E-state index contributed by atoms with van der Waals surface area (Å²) in [5, 5.41) is 3.60. The fraction of sp³-hybridized carbons (Fsp3) is 1.00. The second-order valence-corrected chi connectivity index (χ2v) is 5.72. The first-order valence-electron chi connectivity index (χ1n) is 7.73. The Bertz CT molecular complexity index is 226. The third-order valence-electron chi connectivity index (χ3n) is 4.11. The van der Waals surface area contributed by atoms with Gasteiger partial charge in [-0.1, -0.05) is 20.3 Å². The predicted octanol–water partition coefficient (Wildman–Crippen LogP) is 1.75. The van der Waals surface area contributed by atoms with Gasteiger partial charge in [-0.05, 0) is 19.3 Å². The van der Waals surface area contributed by atoms with Gasteiger partial charge in [0.2, 0.25) is 0 Å². The molecule has 1 aliphatic heterocycles. The van der Waals surface area contributed by atoms with Crippen LogP contribution in [-0.2, 0) is 9.47 Å². The van der Waals surface area contributed by atoms with Gasteiger partial charge in [0.1, 0.15) is 0 Å². The van der Waals surface area contributed by atoms with Crippen LogP contribution in [0.1, 0.15) is 33.6 Å². The molecular formula is C15H32N2O2. The van der Waals surface area contributed by atoms with E-state index in [1.54, 1.807) is 7.11 Å². The average Bonchev–Trinajstić information content (AvgIpc) is 2.42. The van der Waals surface area contributed by atoms with E-state index in [2.05, 4.69) is 31.0 Å². The lowest BCUT2D eigenvalue weighted by atomic mass is 9.95. The molecule has 19 heavy (non-hydrogen) atoms. The molecule has 0 bridgehead atoms. The minimum Gasteiger partial charge on any atom is -0.385 e. The maximum Gasteiger partial charge on any atom is 0.0593 e. The molecule has 0 aromatic rings. The molecule has 0 saturated carbocycles. The lowest BCUT2D eigenvalue weighted by molar-refractivity contribution is 0.0429. The second kappa shape index (κ2) is 9.70. The van der Waals surface area contributed by atoms with Crippen LogP contribution in [0, 0.1) is 5.92 Å². The number of rotatable bonds is 9. The van der Waals surface area contributed by atoms with Crippen LogP contribution in [0.4, 0.5) is 0 Å². The van der Waals surface area contributed by atoms with Crippen molar-refractivity contribution < 1.29 is 9.47 Å². The van der Waals surface area contributed by atoms with Crippen LogP contribution in [0.25, 0.3) is 0 Å². The fourth-order valence-corrected chi connectivity index (χ4v) is 2.68. The lowest BCUT2D eigenvalue weighted by Crippen LogP contribution is -2.58. The van der Waals surface area contributed by atoms with Crippen molar-refractivity contribution in [2.75, 3.05) is 46.6 Å². The van der Waals surface area contributed by atoms with Gasteiger partial charge in [0, 0.05) is 52.0 Å². The summed E-state index contributed by atoms with van der Waals surface area (Å²) in [5.74, 6) is 0.744. The Morgan fingerprint density at radius 2 is 2.11 bits per heavy atom. The Morgan fingerprint density at radius 3 is 2.79 bits per heavy atom. The molecule has 1 rings (SSSR count). The first-order valence-corrected chi connectivity index (χ1v) is 7.73. The number of nitrogens with one attached hydrogen (secondary N) is 1. The minimum absolute atomic E-state index is 0.591. The van der Waals surface area contributed by atoms with Gasteiger partial charge in [-0.3, -0.25) is 4.90 Å². The summed E-state index contributed by atoms with van der Waals surface area (Å²) in [6.07, 6.45) is 2.23. The molecule has 0 spiro atoms. The normalized spacial score (nSPS) is 26.5. The monoisotopic (exact) mass is 272 g/mol. The van der Waals surface area contributed by atoms with Gasteiger partial charge in [-0.15, -0.1) is 0 Å². The molecule has 114 valence electrons. The molecule has 3 unspecified atom stereocenters. The molecule has 3 atom stereocenters. The maximum atomic E-state index is 5.69. The van der Waals surface area contributed by atoms with Crippen LogP contribution >= 0.6 is 0 Å². The van der Waals surface area contributed by atoms with Crippen LogP contribution in [0.5, 0.6) is 0 Å².